The van der Waals surface area contributed by atoms with Crippen LogP contribution in [0.4, 0.5) is 5.82 Å². The number of hydrogen-bond acceptors (Lipinski definition) is 4. The predicted molar refractivity (Wildman–Crippen MR) is 135 cm³/mol. The Labute approximate surface area is 197 Å². The SMILES string of the molecule is Nc1ncnc2c1c(-c1cc3nc(-c4ccccc4)ccc3cc1Cl)cn2C1CCCCC1. The van der Waals surface area contributed by atoms with Crippen molar-refractivity contribution in [3.63, 3.8) is 0 Å². The summed E-state index contributed by atoms with van der Waals surface area (Å²) in [5, 5.41) is 2.54. The van der Waals surface area contributed by atoms with Crippen LogP contribution in [0.25, 0.3) is 44.3 Å². The summed E-state index contributed by atoms with van der Waals surface area (Å²) in [5.41, 5.74) is 12.0. The van der Waals surface area contributed by atoms with E-state index in [4.69, 9.17) is 22.3 Å². The fourth-order valence-electron chi connectivity index (χ4n) is 5.07. The maximum absolute atomic E-state index is 6.82. The molecule has 5 nitrogen and oxygen atoms in total. The Morgan fingerprint density at radius 3 is 2.55 bits per heavy atom. The van der Waals surface area contributed by atoms with Crippen molar-refractivity contribution < 1.29 is 0 Å². The standard InChI is InChI=1S/C27H24ClN5/c28-22-13-18-11-12-23(17-7-3-1-4-8-17)32-24(18)14-20(22)21-15-33(19-9-5-2-6-10-19)27-25(21)26(29)30-16-31-27/h1,3-4,7-8,11-16,19H,2,5-6,9-10H2,(H2,29,30,31). The van der Waals surface area contributed by atoms with Crippen molar-refractivity contribution in [1.29, 1.82) is 0 Å². The normalized spacial score (nSPS) is 14.8. The van der Waals surface area contributed by atoms with E-state index in [-0.39, 0.29) is 0 Å². The highest BCUT2D eigenvalue weighted by Gasteiger charge is 2.23. The summed E-state index contributed by atoms with van der Waals surface area (Å²) in [4.78, 5) is 13.9. The van der Waals surface area contributed by atoms with E-state index in [2.05, 4.69) is 45.0 Å². The highest BCUT2D eigenvalue weighted by molar-refractivity contribution is 6.34. The second-order valence-electron chi connectivity index (χ2n) is 8.79. The van der Waals surface area contributed by atoms with Gasteiger partial charge in [-0.3, -0.25) is 0 Å². The Kier molecular flexibility index (Phi) is 4.99. The summed E-state index contributed by atoms with van der Waals surface area (Å²) < 4.78 is 2.29. The number of pyridine rings is 1. The highest BCUT2D eigenvalue weighted by atomic mass is 35.5. The predicted octanol–water partition coefficient (Wildman–Crippen LogP) is 7.05. The number of rotatable bonds is 3. The molecule has 1 fully saturated rings. The Balaban J connectivity index is 1.55. The summed E-state index contributed by atoms with van der Waals surface area (Å²) in [5.74, 6) is 0.478. The summed E-state index contributed by atoms with van der Waals surface area (Å²) in [6, 6.07) is 18.8. The molecule has 0 saturated heterocycles. The summed E-state index contributed by atoms with van der Waals surface area (Å²) in [6.45, 7) is 0. The first-order valence-corrected chi connectivity index (χ1v) is 11.8. The molecule has 0 bridgehead atoms. The van der Waals surface area contributed by atoms with Gasteiger partial charge in [-0.1, -0.05) is 67.3 Å². The fourth-order valence-corrected chi connectivity index (χ4v) is 5.34. The van der Waals surface area contributed by atoms with Gasteiger partial charge < -0.3 is 10.3 Å². The monoisotopic (exact) mass is 453 g/mol. The van der Waals surface area contributed by atoms with Gasteiger partial charge in [-0.15, -0.1) is 0 Å². The second kappa shape index (κ2) is 8.16. The zero-order valence-electron chi connectivity index (χ0n) is 18.2. The number of fused-ring (bicyclic) bond motifs is 2. The molecular formula is C27H24ClN5. The van der Waals surface area contributed by atoms with Crippen LogP contribution in [0.1, 0.15) is 38.1 Å². The zero-order chi connectivity index (χ0) is 22.4. The van der Waals surface area contributed by atoms with Crippen molar-refractivity contribution in [1.82, 2.24) is 19.5 Å². The van der Waals surface area contributed by atoms with E-state index in [1.54, 1.807) is 6.33 Å². The van der Waals surface area contributed by atoms with Gasteiger partial charge >= 0.3 is 0 Å². The highest BCUT2D eigenvalue weighted by Crippen LogP contribution is 2.41. The molecule has 5 aromatic rings. The number of nitrogens with two attached hydrogens (primary N) is 1. The van der Waals surface area contributed by atoms with Crippen molar-refractivity contribution in [3.05, 3.63) is 72.1 Å². The fraction of sp³-hybridized carbons (Fsp3) is 0.222. The van der Waals surface area contributed by atoms with Gasteiger partial charge in [-0.25, -0.2) is 15.0 Å². The lowest BCUT2D eigenvalue weighted by molar-refractivity contribution is 0.360. The maximum atomic E-state index is 6.82. The van der Waals surface area contributed by atoms with Crippen LogP contribution in [0.15, 0.2) is 67.1 Å². The van der Waals surface area contributed by atoms with E-state index in [1.165, 1.54) is 19.3 Å². The van der Waals surface area contributed by atoms with Gasteiger partial charge in [-0.2, -0.15) is 0 Å². The number of nitrogens with zero attached hydrogens (tertiary/aromatic N) is 4. The molecule has 0 radical (unpaired) electrons. The first-order valence-electron chi connectivity index (χ1n) is 11.5. The maximum Gasteiger partial charge on any atom is 0.146 e. The third kappa shape index (κ3) is 3.53. The molecule has 6 heteroatoms. The summed E-state index contributed by atoms with van der Waals surface area (Å²) in [6.07, 6.45) is 9.80. The number of benzene rings is 2. The van der Waals surface area contributed by atoms with Gasteiger partial charge in [0.15, 0.2) is 0 Å². The second-order valence-corrected chi connectivity index (χ2v) is 9.19. The van der Waals surface area contributed by atoms with Crippen LogP contribution in [-0.2, 0) is 0 Å². The minimum atomic E-state index is 0.423. The minimum Gasteiger partial charge on any atom is -0.383 e. The molecule has 164 valence electrons. The largest absolute Gasteiger partial charge is 0.383 e. The lowest BCUT2D eigenvalue weighted by atomic mass is 9.95. The Morgan fingerprint density at radius 2 is 1.73 bits per heavy atom. The van der Waals surface area contributed by atoms with E-state index in [1.807, 2.05) is 30.3 Å². The van der Waals surface area contributed by atoms with Gasteiger partial charge in [0.2, 0.25) is 0 Å². The Bertz CT molecular complexity index is 1470. The van der Waals surface area contributed by atoms with E-state index in [9.17, 15) is 0 Å². The Hall–Kier alpha value is -3.44. The average Bonchev–Trinajstić information content (AvgIpc) is 3.25. The van der Waals surface area contributed by atoms with E-state index in [0.717, 1.165) is 57.2 Å². The van der Waals surface area contributed by atoms with E-state index >= 15 is 0 Å². The van der Waals surface area contributed by atoms with Crippen molar-refractivity contribution in [2.75, 3.05) is 5.73 Å². The van der Waals surface area contributed by atoms with E-state index in [0.29, 0.717) is 16.9 Å². The number of halogens is 1. The lowest BCUT2D eigenvalue weighted by Crippen LogP contribution is -2.12. The molecule has 1 aliphatic carbocycles. The van der Waals surface area contributed by atoms with Crippen molar-refractivity contribution in [2.24, 2.45) is 0 Å². The third-order valence-electron chi connectivity index (χ3n) is 6.74. The van der Waals surface area contributed by atoms with Crippen LogP contribution < -0.4 is 5.73 Å². The third-order valence-corrected chi connectivity index (χ3v) is 7.06. The van der Waals surface area contributed by atoms with Crippen molar-refractivity contribution in [2.45, 2.75) is 38.1 Å². The van der Waals surface area contributed by atoms with Gasteiger partial charge in [0.25, 0.3) is 0 Å². The van der Waals surface area contributed by atoms with Crippen molar-refractivity contribution in [3.8, 4) is 22.4 Å². The average molecular weight is 454 g/mol. The topological polar surface area (TPSA) is 69.6 Å². The van der Waals surface area contributed by atoms with Crippen LogP contribution in [0, 0.1) is 0 Å². The van der Waals surface area contributed by atoms with Gasteiger partial charge in [0, 0.05) is 39.3 Å². The molecule has 0 unspecified atom stereocenters. The molecule has 1 saturated carbocycles. The summed E-state index contributed by atoms with van der Waals surface area (Å²) >= 11 is 6.82. The number of nitrogen functional groups attached to an aromatic ring is 1. The molecule has 3 aromatic heterocycles. The molecule has 0 spiro atoms. The van der Waals surface area contributed by atoms with Gasteiger partial charge in [-0.05, 0) is 31.0 Å². The quantitative estimate of drug-likeness (QED) is 0.317. The van der Waals surface area contributed by atoms with Crippen LogP contribution in [0.5, 0.6) is 0 Å². The number of anilines is 1. The lowest BCUT2D eigenvalue weighted by Gasteiger charge is -2.23. The molecule has 1 aliphatic rings. The molecule has 0 aliphatic heterocycles. The van der Waals surface area contributed by atoms with Gasteiger partial charge in [0.1, 0.15) is 17.8 Å². The minimum absolute atomic E-state index is 0.423. The van der Waals surface area contributed by atoms with Crippen molar-refractivity contribution >= 4 is 39.4 Å². The molecular weight excluding hydrogens is 430 g/mol. The summed E-state index contributed by atoms with van der Waals surface area (Å²) in [7, 11) is 0. The van der Waals surface area contributed by atoms with Gasteiger partial charge in [0.05, 0.1) is 16.6 Å². The number of hydrogen-bond donors (Lipinski definition) is 1. The molecule has 3 heterocycles. The first kappa shape index (κ1) is 20.2. The molecule has 2 N–H and O–H groups in total. The van der Waals surface area contributed by atoms with Crippen LogP contribution >= 0.6 is 11.6 Å². The first-order chi connectivity index (χ1) is 16.2. The molecule has 0 amide bonds. The molecule has 0 atom stereocenters. The molecule has 33 heavy (non-hydrogen) atoms. The zero-order valence-corrected chi connectivity index (χ0v) is 19.0. The smallest absolute Gasteiger partial charge is 0.146 e. The van der Waals surface area contributed by atoms with Crippen LogP contribution in [0.2, 0.25) is 5.02 Å². The molecule has 6 rings (SSSR count). The molecule has 2 aromatic carbocycles. The van der Waals surface area contributed by atoms with Crippen LogP contribution in [0.3, 0.4) is 0 Å². The van der Waals surface area contributed by atoms with Crippen LogP contribution in [-0.4, -0.2) is 19.5 Å². The van der Waals surface area contributed by atoms with E-state index < -0.39 is 0 Å². The number of aromatic nitrogens is 4. The Morgan fingerprint density at radius 1 is 0.909 bits per heavy atom.